The second-order valence-corrected chi connectivity index (χ2v) is 10.1. The predicted octanol–water partition coefficient (Wildman–Crippen LogP) is 5.58. The number of hydrogen-bond acceptors (Lipinski definition) is 4. The summed E-state index contributed by atoms with van der Waals surface area (Å²) in [5.74, 6) is -1.42. The zero-order valence-corrected chi connectivity index (χ0v) is 18.9. The monoisotopic (exact) mass is 408 g/mol. The van der Waals surface area contributed by atoms with Crippen LogP contribution in [0.3, 0.4) is 0 Å². The van der Waals surface area contributed by atoms with Crippen molar-refractivity contribution < 1.29 is 24.8 Å². The van der Waals surface area contributed by atoms with E-state index in [9.17, 15) is 9.90 Å². The molecule has 2 aliphatic rings. The Labute approximate surface area is 176 Å². The van der Waals surface area contributed by atoms with Crippen LogP contribution >= 0.6 is 0 Å². The molecule has 0 aromatic heterocycles. The van der Waals surface area contributed by atoms with Gasteiger partial charge in [0, 0.05) is 0 Å². The van der Waals surface area contributed by atoms with E-state index in [4.69, 9.17) is 14.9 Å². The Balaban J connectivity index is 1.82. The molecule has 5 heteroatoms. The molecular weight excluding hydrogens is 368 g/mol. The first-order valence-electron chi connectivity index (χ1n) is 11.0. The van der Waals surface area contributed by atoms with Gasteiger partial charge < -0.3 is 10.2 Å². The molecular formula is C24H40O5. The third-order valence-corrected chi connectivity index (χ3v) is 7.31. The molecule has 29 heavy (non-hydrogen) atoms. The van der Waals surface area contributed by atoms with E-state index in [1.54, 1.807) is 6.92 Å². The normalized spacial score (nSPS) is 34.1. The largest absolute Gasteiger partial charge is 0.481 e. The van der Waals surface area contributed by atoms with Gasteiger partial charge in [-0.3, -0.25) is 4.79 Å². The van der Waals surface area contributed by atoms with Crippen LogP contribution in [0.5, 0.6) is 0 Å². The molecule has 5 nitrogen and oxygen atoms in total. The quantitative estimate of drug-likeness (QED) is 0.405. The van der Waals surface area contributed by atoms with Gasteiger partial charge >= 0.3 is 5.97 Å². The fraction of sp³-hybridized carbons (Fsp3) is 0.792. The number of carboxylic acid groups (broad SMARTS) is 1. The minimum Gasteiger partial charge on any atom is -0.481 e. The van der Waals surface area contributed by atoms with Crippen molar-refractivity contribution in [1.82, 2.24) is 0 Å². The Hall–Kier alpha value is -1.17. The molecule has 0 radical (unpaired) electrons. The molecule has 166 valence electrons. The van der Waals surface area contributed by atoms with Gasteiger partial charge in [0.15, 0.2) is 0 Å². The summed E-state index contributed by atoms with van der Waals surface area (Å²) >= 11 is 0. The molecule has 0 aromatic carbocycles. The van der Waals surface area contributed by atoms with E-state index < -0.39 is 17.5 Å². The number of allylic oxidation sites excluding steroid dienone is 2. The van der Waals surface area contributed by atoms with Crippen molar-refractivity contribution in [1.29, 1.82) is 0 Å². The van der Waals surface area contributed by atoms with Crippen molar-refractivity contribution in [2.45, 2.75) is 110 Å². The van der Waals surface area contributed by atoms with Crippen LogP contribution in [0.4, 0.5) is 0 Å². The molecule has 1 aliphatic heterocycles. The van der Waals surface area contributed by atoms with Gasteiger partial charge in [-0.05, 0) is 89.5 Å². The van der Waals surface area contributed by atoms with Crippen LogP contribution in [0.15, 0.2) is 23.8 Å². The number of hydrogen-bond donors (Lipinski definition) is 2. The molecule has 1 saturated carbocycles. The molecule has 2 rings (SSSR count). The van der Waals surface area contributed by atoms with Gasteiger partial charge in [-0.25, -0.2) is 9.78 Å². The van der Waals surface area contributed by atoms with Crippen LogP contribution in [0, 0.1) is 11.3 Å². The summed E-state index contributed by atoms with van der Waals surface area (Å²) in [7, 11) is 0. The second kappa shape index (κ2) is 9.32. The van der Waals surface area contributed by atoms with Gasteiger partial charge in [-0.2, -0.15) is 0 Å². The highest BCUT2D eigenvalue weighted by molar-refractivity contribution is 5.70. The van der Waals surface area contributed by atoms with Crippen LogP contribution in [-0.2, 0) is 14.6 Å². The molecule has 0 unspecified atom stereocenters. The SMILES string of the molecule is C=C1CCCC(C)(C)[C@]1(O)CC/C(C)=C/CC[C@@]1(C)CC[C@H]([C@@H](C)C(=O)O)OO1. The Kier molecular flexibility index (Phi) is 7.74. The van der Waals surface area contributed by atoms with E-state index >= 15 is 0 Å². The lowest BCUT2D eigenvalue weighted by molar-refractivity contribution is -0.411. The summed E-state index contributed by atoms with van der Waals surface area (Å²) in [5, 5.41) is 20.4. The third kappa shape index (κ3) is 5.71. The number of aliphatic hydroxyl groups is 1. The minimum absolute atomic E-state index is 0.132. The molecule has 1 aliphatic carbocycles. The number of rotatable bonds is 8. The zero-order valence-electron chi connectivity index (χ0n) is 18.9. The summed E-state index contributed by atoms with van der Waals surface area (Å²) in [6, 6.07) is 0. The summed E-state index contributed by atoms with van der Waals surface area (Å²) in [5.41, 5.74) is 0.941. The molecule has 2 fully saturated rings. The summed E-state index contributed by atoms with van der Waals surface area (Å²) < 4.78 is 0. The molecule has 4 atom stereocenters. The summed E-state index contributed by atoms with van der Waals surface area (Å²) in [6.45, 7) is 14.3. The first-order valence-corrected chi connectivity index (χ1v) is 11.0. The minimum atomic E-state index is -0.855. The molecule has 0 bridgehead atoms. The number of carboxylic acids is 1. The van der Waals surface area contributed by atoms with Crippen molar-refractivity contribution >= 4 is 5.97 Å². The summed E-state index contributed by atoms with van der Waals surface area (Å²) in [6.07, 6.45) is 9.63. The van der Waals surface area contributed by atoms with E-state index in [1.807, 2.05) is 6.92 Å². The van der Waals surface area contributed by atoms with Crippen molar-refractivity contribution in [2.24, 2.45) is 11.3 Å². The number of aliphatic carboxylic acids is 1. The van der Waals surface area contributed by atoms with Crippen LogP contribution in [0.25, 0.3) is 0 Å². The van der Waals surface area contributed by atoms with E-state index in [2.05, 4.69) is 33.4 Å². The van der Waals surface area contributed by atoms with E-state index in [0.29, 0.717) is 12.8 Å². The lowest BCUT2D eigenvalue weighted by Crippen LogP contribution is -2.48. The van der Waals surface area contributed by atoms with Gasteiger partial charge in [-0.1, -0.05) is 32.1 Å². The molecule has 1 heterocycles. The third-order valence-electron chi connectivity index (χ3n) is 7.31. The van der Waals surface area contributed by atoms with Crippen LogP contribution in [0.1, 0.15) is 92.4 Å². The van der Waals surface area contributed by atoms with E-state index in [-0.39, 0.29) is 17.1 Å². The van der Waals surface area contributed by atoms with Gasteiger partial charge in [0.2, 0.25) is 0 Å². The van der Waals surface area contributed by atoms with Gasteiger partial charge in [0.25, 0.3) is 0 Å². The fourth-order valence-corrected chi connectivity index (χ4v) is 4.63. The highest BCUT2D eigenvalue weighted by atomic mass is 17.2. The lowest BCUT2D eigenvalue weighted by atomic mass is 9.61. The standard InChI is InChI=1S/C24H40O5/c1-17(11-16-24(27)18(2)10-8-13-22(24,4)5)9-7-14-23(6)15-12-20(28-29-23)19(3)21(25)26/h9,19-20,27H,2,7-8,10-16H2,1,3-6H3,(H,25,26)/b17-9+/t19-,20-,23+,24+/m1/s1. The fourth-order valence-electron chi connectivity index (χ4n) is 4.63. The first-order chi connectivity index (χ1) is 13.4. The molecule has 1 saturated heterocycles. The predicted molar refractivity (Wildman–Crippen MR) is 114 cm³/mol. The highest BCUT2D eigenvalue weighted by Crippen LogP contribution is 2.49. The maximum Gasteiger partial charge on any atom is 0.308 e. The number of carbonyl (C=O) groups is 1. The van der Waals surface area contributed by atoms with Crippen LogP contribution < -0.4 is 0 Å². The summed E-state index contributed by atoms with van der Waals surface area (Å²) in [4.78, 5) is 22.1. The second-order valence-electron chi connectivity index (χ2n) is 10.1. The topological polar surface area (TPSA) is 76.0 Å². The molecule has 0 spiro atoms. The molecule has 2 N–H and O–H groups in total. The van der Waals surface area contributed by atoms with Gasteiger partial charge in [-0.15, -0.1) is 0 Å². The smallest absolute Gasteiger partial charge is 0.308 e. The van der Waals surface area contributed by atoms with Crippen molar-refractivity contribution in [3.8, 4) is 0 Å². The lowest BCUT2D eigenvalue weighted by Gasteiger charge is -2.48. The Morgan fingerprint density at radius 2 is 2.00 bits per heavy atom. The highest BCUT2D eigenvalue weighted by Gasteiger charge is 2.47. The van der Waals surface area contributed by atoms with E-state index in [1.165, 1.54) is 5.57 Å². The maximum absolute atomic E-state index is 11.3. The van der Waals surface area contributed by atoms with E-state index in [0.717, 1.165) is 50.5 Å². The van der Waals surface area contributed by atoms with Crippen molar-refractivity contribution in [2.75, 3.05) is 0 Å². The first kappa shape index (κ1) is 24.1. The molecule has 0 amide bonds. The van der Waals surface area contributed by atoms with Crippen LogP contribution in [-0.4, -0.2) is 33.5 Å². The van der Waals surface area contributed by atoms with Gasteiger partial charge in [0.1, 0.15) is 11.7 Å². The Bertz CT molecular complexity index is 627. The zero-order chi connectivity index (χ0) is 21.9. The van der Waals surface area contributed by atoms with Gasteiger partial charge in [0.05, 0.1) is 11.5 Å². The average Bonchev–Trinajstić information content (AvgIpc) is 2.64. The maximum atomic E-state index is 11.3. The molecule has 0 aromatic rings. The van der Waals surface area contributed by atoms with Crippen molar-refractivity contribution in [3.05, 3.63) is 23.8 Å². The van der Waals surface area contributed by atoms with Crippen LogP contribution in [0.2, 0.25) is 0 Å². The average molecular weight is 409 g/mol. The Morgan fingerprint density at radius 1 is 1.31 bits per heavy atom. The van der Waals surface area contributed by atoms with Crippen molar-refractivity contribution in [3.63, 3.8) is 0 Å². The Morgan fingerprint density at radius 3 is 2.55 bits per heavy atom.